The molecule has 1 atom stereocenters. The average molecular weight is 185 g/mol. The molecule has 1 aromatic heterocycles. The van der Waals surface area contributed by atoms with Crippen LogP contribution in [0.25, 0.3) is 0 Å². The fraction of sp³-hybridized carbons (Fsp3) is 0.429. The molecule has 0 saturated carbocycles. The third-order valence-electron chi connectivity index (χ3n) is 1.48. The number of aromatic nitrogens is 1. The normalized spacial score (nSPS) is 12.5. The lowest BCUT2D eigenvalue weighted by Gasteiger charge is -2.04. The number of hydrogen-bond acceptors (Lipinski definition) is 5. The van der Waals surface area contributed by atoms with Crippen molar-refractivity contribution in [1.82, 2.24) is 4.98 Å². The van der Waals surface area contributed by atoms with Crippen LogP contribution in [-0.2, 0) is 4.79 Å². The molecule has 13 heavy (non-hydrogen) atoms. The summed E-state index contributed by atoms with van der Waals surface area (Å²) in [6.07, 6.45) is 1.24. The van der Waals surface area contributed by atoms with Gasteiger partial charge in [0, 0.05) is 14.1 Å². The van der Waals surface area contributed by atoms with Crippen molar-refractivity contribution in [1.29, 1.82) is 0 Å². The number of nitrogens with two attached hydrogens (primary N) is 1. The van der Waals surface area contributed by atoms with Crippen LogP contribution in [0, 0.1) is 0 Å². The van der Waals surface area contributed by atoms with Gasteiger partial charge in [-0.15, -0.1) is 0 Å². The van der Waals surface area contributed by atoms with Crippen molar-refractivity contribution in [3.8, 4) is 0 Å². The van der Waals surface area contributed by atoms with Crippen LogP contribution in [0.15, 0.2) is 10.7 Å². The molecule has 0 spiro atoms. The maximum absolute atomic E-state index is 10.5. The Hall–Kier alpha value is -1.56. The maximum Gasteiger partial charge on any atom is 0.326 e. The van der Waals surface area contributed by atoms with Crippen LogP contribution < -0.4 is 10.6 Å². The lowest BCUT2D eigenvalue weighted by Crippen LogP contribution is -2.21. The van der Waals surface area contributed by atoms with Crippen LogP contribution in [0.1, 0.15) is 11.7 Å². The summed E-state index contributed by atoms with van der Waals surface area (Å²) in [7, 11) is 3.48. The molecule has 6 nitrogen and oxygen atoms in total. The molecule has 0 aliphatic heterocycles. The van der Waals surface area contributed by atoms with Crippen LogP contribution in [0.5, 0.6) is 0 Å². The van der Waals surface area contributed by atoms with E-state index in [9.17, 15) is 4.79 Å². The highest BCUT2D eigenvalue weighted by Crippen LogP contribution is 2.15. The van der Waals surface area contributed by atoms with E-state index in [0.29, 0.717) is 6.01 Å². The number of carbonyl (C=O) groups is 1. The molecule has 1 unspecified atom stereocenters. The topological polar surface area (TPSA) is 92.6 Å². The molecule has 3 N–H and O–H groups in total. The molecule has 1 rings (SSSR count). The molecule has 72 valence electrons. The number of hydrogen-bond donors (Lipinski definition) is 2. The summed E-state index contributed by atoms with van der Waals surface area (Å²) < 4.78 is 4.97. The Labute approximate surface area is 75.0 Å². The van der Waals surface area contributed by atoms with Crippen molar-refractivity contribution < 1.29 is 14.3 Å². The molecule has 0 fully saturated rings. The lowest BCUT2D eigenvalue weighted by molar-refractivity contribution is -0.138. The van der Waals surface area contributed by atoms with Crippen molar-refractivity contribution >= 4 is 12.0 Å². The summed E-state index contributed by atoms with van der Waals surface area (Å²) in [5, 5.41) is 8.56. The summed E-state index contributed by atoms with van der Waals surface area (Å²) in [6, 6.07) is -0.788. The minimum Gasteiger partial charge on any atom is -0.480 e. The van der Waals surface area contributed by atoms with Gasteiger partial charge in [-0.25, -0.2) is 0 Å². The molecular weight excluding hydrogens is 174 g/mol. The Balaban J connectivity index is 2.85. The second-order valence-electron chi connectivity index (χ2n) is 2.77. The zero-order valence-electron chi connectivity index (χ0n) is 7.39. The smallest absolute Gasteiger partial charge is 0.326 e. The SMILES string of the molecule is CN(C)c1nc(C(N)C(=O)O)co1. The molecule has 1 heterocycles. The Morgan fingerprint density at radius 2 is 2.38 bits per heavy atom. The first-order valence-corrected chi connectivity index (χ1v) is 3.63. The monoisotopic (exact) mass is 185 g/mol. The van der Waals surface area contributed by atoms with Crippen LogP contribution in [0.4, 0.5) is 6.01 Å². The number of oxazole rings is 1. The van der Waals surface area contributed by atoms with Crippen LogP contribution in [-0.4, -0.2) is 30.2 Å². The minimum atomic E-state index is -1.13. The van der Waals surface area contributed by atoms with Gasteiger partial charge < -0.3 is 20.2 Å². The molecule has 0 bridgehead atoms. The number of aliphatic carboxylic acids is 1. The van der Waals surface area contributed by atoms with Gasteiger partial charge in [-0.05, 0) is 0 Å². The van der Waals surface area contributed by atoms with Crippen molar-refractivity contribution in [3.63, 3.8) is 0 Å². The highest BCUT2D eigenvalue weighted by atomic mass is 16.4. The second-order valence-corrected chi connectivity index (χ2v) is 2.77. The van der Waals surface area contributed by atoms with Crippen molar-refractivity contribution in [3.05, 3.63) is 12.0 Å². The summed E-state index contributed by atoms with van der Waals surface area (Å²) in [5.41, 5.74) is 5.53. The van der Waals surface area contributed by atoms with E-state index in [1.165, 1.54) is 6.26 Å². The first-order chi connectivity index (χ1) is 6.02. The molecule has 0 aliphatic rings. The van der Waals surface area contributed by atoms with E-state index in [1.54, 1.807) is 19.0 Å². The predicted octanol–water partition coefficient (Wildman–Crippen LogP) is -0.175. The molecule has 0 aromatic carbocycles. The van der Waals surface area contributed by atoms with Gasteiger partial charge >= 0.3 is 5.97 Å². The van der Waals surface area contributed by atoms with Gasteiger partial charge in [0.25, 0.3) is 6.01 Å². The van der Waals surface area contributed by atoms with Gasteiger partial charge in [-0.2, -0.15) is 4.98 Å². The first-order valence-electron chi connectivity index (χ1n) is 3.63. The highest BCUT2D eigenvalue weighted by molar-refractivity contribution is 5.74. The van der Waals surface area contributed by atoms with Gasteiger partial charge in [0.05, 0.1) is 0 Å². The quantitative estimate of drug-likeness (QED) is 0.678. The second kappa shape index (κ2) is 3.44. The van der Waals surface area contributed by atoms with Crippen molar-refractivity contribution in [2.24, 2.45) is 5.73 Å². The van der Waals surface area contributed by atoms with Crippen LogP contribution >= 0.6 is 0 Å². The number of rotatable bonds is 3. The maximum atomic E-state index is 10.5. The van der Waals surface area contributed by atoms with Crippen LogP contribution in [0.2, 0.25) is 0 Å². The molecule has 6 heteroatoms. The predicted molar refractivity (Wildman–Crippen MR) is 45.4 cm³/mol. The Bertz CT molecular complexity index is 308. The third-order valence-corrected chi connectivity index (χ3v) is 1.48. The van der Waals surface area contributed by atoms with Crippen LogP contribution in [0.3, 0.4) is 0 Å². The minimum absolute atomic E-state index is 0.219. The Morgan fingerprint density at radius 1 is 1.77 bits per heavy atom. The summed E-state index contributed by atoms with van der Waals surface area (Å²) >= 11 is 0. The van der Waals surface area contributed by atoms with E-state index >= 15 is 0 Å². The summed E-state index contributed by atoms with van der Waals surface area (Å²) in [4.78, 5) is 16.0. The van der Waals surface area contributed by atoms with Gasteiger partial charge in [-0.3, -0.25) is 4.79 Å². The zero-order valence-corrected chi connectivity index (χ0v) is 7.39. The first kappa shape index (κ1) is 9.53. The van der Waals surface area contributed by atoms with E-state index in [4.69, 9.17) is 15.3 Å². The molecule has 1 aromatic rings. The largest absolute Gasteiger partial charge is 0.480 e. The fourth-order valence-electron chi connectivity index (χ4n) is 0.751. The van der Waals surface area contributed by atoms with Gasteiger partial charge in [0.1, 0.15) is 18.0 Å². The summed E-state index contributed by atoms with van der Waals surface area (Å²) in [5.74, 6) is -1.13. The molecule has 0 saturated heterocycles. The number of nitrogens with zero attached hydrogens (tertiary/aromatic N) is 2. The molecule has 0 aliphatic carbocycles. The molecule has 0 radical (unpaired) electrons. The highest BCUT2D eigenvalue weighted by Gasteiger charge is 2.19. The standard InChI is InChI=1S/C7H11N3O3/c1-10(2)7-9-4(3-13-7)5(8)6(11)12/h3,5H,8H2,1-2H3,(H,11,12). The van der Waals surface area contributed by atoms with E-state index in [2.05, 4.69) is 4.98 Å². The number of carboxylic acid groups (broad SMARTS) is 1. The van der Waals surface area contributed by atoms with Crippen molar-refractivity contribution in [2.45, 2.75) is 6.04 Å². The zero-order chi connectivity index (χ0) is 10.0. The number of anilines is 1. The lowest BCUT2D eigenvalue weighted by atomic mass is 10.2. The van der Waals surface area contributed by atoms with E-state index in [1.807, 2.05) is 0 Å². The van der Waals surface area contributed by atoms with E-state index in [0.717, 1.165) is 0 Å². The molecular formula is C7H11N3O3. The average Bonchev–Trinajstić information content (AvgIpc) is 2.50. The van der Waals surface area contributed by atoms with Gasteiger partial charge in [-0.1, -0.05) is 0 Å². The Morgan fingerprint density at radius 3 is 2.77 bits per heavy atom. The summed E-state index contributed by atoms with van der Waals surface area (Å²) in [6.45, 7) is 0. The van der Waals surface area contributed by atoms with Gasteiger partial charge in [0.2, 0.25) is 0 Å². The Kier molecular flexibility index (Phi) is 2.52. The fourth-order valence-corrected chi connectivity index (χ4v) is 0.751. The van der Waals surface area contributed by atoms with Gasteiger partial charge in [0.15, 0.2) is 0 Å². The number of carboxylic acids is 1. The molecule has 0 amide bonds. The van der Waals surface area contributed by atoms with E-state index in [-0.39, 0.29) is 5.69 Å². The third kappa shape index (κ3) is 1.97. The van der Waals surface area contributed by atoms with Crippen molar-refractivity contribution in [2.75, 3.05) is 19.0 Å². The van der Waals surface area contributed by atoms with E-state index < -0.39 is 12.0 Å².